The van der Waals surface area contributed by atoms with E-state index in [1.54, 1.807) is 0 Å². The second-order valence-electron chi connectivity index (χ2n) is 5.93. The first-order chi connectivity index (χ1) is 10.4. The van der Waals surface area contributed by atoms with Gasteiger partial charge in [-0.25, -0.2) is 0 Å². The molecule has 0 radical (unpaired) electrons. The van der Waals surface area contributed by atoms with Crippen molar-refractivity contribution in [2.75, 3.05) is 26.4 Å². The lowest BCUT2D eigenvalue weighted by atomic mass is 10.1. The standard InChI is InChI=1S/C17H34O4/c1-2-3-4-5-6-7-8-9-10-11-17-20-14-16(15-21-17)19-13-12-18/h16-18H,2-15H2,1H3. The number of aliphatic hydroxyl groups is 1. The number of hydrogen-bond donors (Lipinski definition) is 1. The van der Waals surface area contributed by atoms with Gasteiger partial charge in [0.2, 0.25) is 0 Å². The summed E-state index contributed by atoms with van der Waals surface area (Å²) in [4.78, 5) is 0. The number of ether oxygens (including phenoxy) is 3. The topological polar surface area (TPSA) is 47.9 Å². The Hall–Kier alpha value is -0.160. The third-order valence-electron chi connectivity index (χ3n) is 3.92. The van der Waals surface area contributed by atoms with Gasteiger partial charge in [-0.1, -0.05) is 58.3 Å². The normalized spacial score (nSPS) is 22.6. The SMILES string of the molecule is CCCCCCCCCCCC1OCC(OCCO)CO1. The lowest BCUT2D eigenvalue weighted by molar-refractivity contribution is -0.229. The molecule has 1 saturated heterocycles. The number of aliphatic hydroxyl groups excluding tert-OH is 1. The molecule has 0 amide bonds. The molecule has 1 heterocycles. The Balaban J connectivity index is 1.84. The highest BCUT2D eigenvalue weighted by Crippen LogP contribution is 2.16. The maximum absolute atomic E-state index is 8.69. The smallest absolute Gasteiger partial charge is 0.157 e. The van der Waals surface area contributed by atoms with Crippen molar-refractivity contribution in [1.82, 2.24) is 0 Å². The van der Waals surface area contributed by atoms with Crippen LogP contribution in [0.15, 0.2) is 0 Å². The van der Waals surface area contributed by atoms with Crippen LogP contribution in [0.1, 0.15) is 71.1 Å². The Kier molecular flexibility index (Phi) is 12.1. The van der Waals surface area contributed by atoms with Gasteiger partial charge in [0.05, 0.1) is 26.4 Å². The van der Waals surface area contributed by atoms with E-state index in [4.69, 9.17) is 19.3 Å². The molecule has 1 aliphatic heterocycles. The number of hydrogen-bond acceptors (Lipinski definition) is 4. The van der Waals surface area contributed by atoms with Gasteiger partial charge in [0.15, 0.2) is 6.29 Å². The number of rotatable bonds is 13. The molecule has 0 bridgehead atoms. The molecule has 126 valence electrons. The van der Waals surface area contributed by atoms with Crippen LogP contribution in [0.4, 0.5) is 0 Å². The minimum absolute atomic E-state index is 0.0171. The highest BCUT2D eigenvalue weighted by Gasteiger charge is 2.21. The van der Waals surface area contributed by atoms with E-state index in [1.807, 2.05) is 0 Å². The Morgan fingerprint density at radius 1 is 0.905 bits per heavy atom. The summed E-state index contributed by atoms with van der Waals surface area (Å²) in [6, 6.07) is 0. The molecule has 0 aromatic heterocycles. The van der Waals surface area contributed by atoms with E-state index in [0.29, 0.717) is 19.8 Å². The fraction of sp³-hybridized carbons (Fsp3) is 1.00. The molecule has 1 aliphatic rings. The summed E-state index contributed by atoms with van der Waals surface area (Å²) >= 11 is 0. The van der Waals surface area contributed by atoms with Crippen LogP contribution in [0, 0.1) is 0 Å². The summed E-state index contributed by atoms with van der Waals surface area (Å²) in [6.07, 6.45) is 13.0. The molecule has 0 atom stereocenters. The van der Waals surface area contributed by atoms with E-state index >= 15 is 0 Å². The molecular formula is C17H34O4. The van der Waals surface area contributed by atoms with E-state index in [2.05, 4.69) is 6.92 Å². The molecule has 0 aliphatic carbocycles. The highest BCUT2D eigenvalue weighted by molar-refractivity contribution is 4.63. The summed E-state index contributed by atoms with van der Waals surface area (Å²) < 4.78 is 16.6. The van der Waals surface area contributed by atoms with E-state index in [-0.39, 0.29) is 19.0 Å². The first-order valence-corrected chi connectivity index (χ1v) is 8.82. The van der Waals surface area contributed by atoms with Crippen LogP contribution in [-0.2, 0) is 14.2 Å². The van der Waals surface area contributed by atoms with E-state index < -0.39 is 0 Å². The van der Waals surface area contributed by atoms with Crippen LogP contribution in [0.25, 0.3) is 0 Å². The lowest BCUT2D eigenvalue weighted by Crippen LogP contribution is -2.37. The third kappa shape index (κ3) is 10.2. The maximum atomic E-state index is 8.69. The molecule has 0 aromatic rings. The lowest BCUT2D eigenvalue weighted by Gasteiger charge is -2.29. The van der Waals surface area contributed by atoms with Crippen molar-refractivity contribution in [3.05, 3.63) is 0 Å². The predicted molar refractivity (Wildman–Crippen MR) is 84.4 cm³/mol. The molecular weight excluding hydrogens is 268 g/mol. The quantitative estimate of drug-likeness (QED) is 0.527. The van der Waals surface area contributed by atoms with Gasteiger partial charge in [-0.15, -0.1) is 0 Å². The molecule has 21 heavy (non-hydrogen) atoms. The second kappa shape index (κ2) is 13.5. The van der Waals surface area contributed by atoms with E-state index in [9.17, 15) is 0 Å². The average molecular weight is 302 g/mol. The van der Waals surface area contributed by atoms with Crippen LogP contribution < -0.4 is 0 Å². The van der Waals surface area contributed by atoms with Gasteiger partial charge in [-0.05, 0) is 12.8 Å². The fourth-order valence-corrected chi connectivity index (χ4v) is 2.63. The monoisotopic (exact) mass is 302 g/mol. The Morgan fingerprint density at radius 2 is 1.48 bits per heavy atom. The van der Waals surface area contributed by atoms with Crippen LogP contribution >= 0.6 is 0 Å². The molecule has 1 fully saturated rings. The minimum atomic E-state index is -0.0523. The molecule has 1 N–H and O–H groups in total. The first-order valence-electron chi connectivity index (χ1n) is 8.82. The van der Waals surface area contributed by atoms with Crippen molar-refractivity contribution in [2.45, 2.75) is 83.5 Å². The predicted octanol–water partition coefficient (Wildman–Crippen LogP) is 3.66. The zero-order valence-corrected chi connectivity index (χ0v) is 13.7. The molecule has 0 spiro atoms. The van der Waals surface area contributed by atoms with Crippen molar-refractivity contribution in [1.29, 1.82) is 0 Å². The van der Waals surface area contributed by atoms with Crippen molar-refractivity contribution in [3.63, 3.8) is 0 Å². The zero-order valence-electron chi connectivity index (χ0n) is 13.7. The van der Waals surface area contributed by atoms with Crippen LogP contribution in [0.2, 0.25) is 0 Å². The van der Waals surface area contributed by atoms with Gasteiger partial charge in [-0.3, -0.25) is 0 Å². The van der Waals surface area contributed by atoms with Crippen LogP contribution in [0.5, 0.6) is 0 Å². The van der Waals surface area contributed by atoms with Crippen molar-refractivity contribution in [3.8, 4) is 0 Å². The molecule has 0 saturated carbocycles. The Labute approximate surface area is 130 Å². The van der Waals surface area contributed by atoms with Crippen molar-refractivity contribution < 1.29 is 19.3 Å². The minimum Gasteiger partial charge on any atom is -0.394 e. The summed E-state index contributed by atoms with van der Waals surface area (Å²) in [5.41, 5.74) is 0. The van der Waals surface area contributed by atoms with Crippen LogP contribution in [0.3, 0.4) is 0 Å². The first kappa shape index (κ1) is 18.9. The summed E-state index contributed by atoms with van der Waals surface area (Å²) in [5, 5.41) is 8.69. The van der Waals surface area contributed by atoms with Gasteiger partial charge in [0, 0.05) is 0 Å². The molecule has 4 nitrogen and oxygen atoms in total. The Bertz CT molecular complexity index is 215. The van der Waals surface area contributed by atoms with E-state index in [1.165, 1.54) is 57.8 Å². The Morgan fingerprint density at radius 3 is 2.05 bits per heavy atom. The van der Waals surface area contributed by atoms with Gasteiger partial charge in [0.1, 0.15) is 6.10 Å². The molecule has 0 aromatic carbocycles. The number of unbranched alkanes of at least 4 members (excludes halogenated alkanes) is 8. The third-order valence-corrected chi connectivity index (χ3v) is 3.92. The summed E-state index contributed by atoms with van der Waals surface area (Å²) in [7, 11) is 0. The van der Waals surface area contributed by atoms with Gasteiger partial charge in [-0.2, -0.15) is 0 Å². The van der Waals surface area contributed by atoms with Gasteiger partial charge in [0.25, 0.3) is 0 Å². The van der Waals surface area contributed by atoms with Gasteiger partial charge >= 0.3 is 0 Å². The molecule has 4 heteroatoms. The van der Waals surface area contributed by atoms with E-state index in [0.717, 1.165) is 6.42 Å². The molecule has 0 unspecified atom stereocenters. The highest BCUT2D eigenvalue weighted by atomic mass is 16.7. The second-order valence-corrected chi connectivity index (χ2v) is 5.93. The molecule has 1 rings (SSSR count). The average Bonchev–Trinajstić information content (AvgIpc) is 2.52. The van der Waals surface area contributed by atoms with Crippen molar-refractivity contribution >= 4 is 0 Å². The van der Waals surface area contributed by atoms with Gasteiger partial charge < -0.3 is 19.3 Å². The largest absolute Gasteiger partial charge is 0.394 e. The summed E-state index contributed by atoms with van der Waals surface area (Å²) in [5.74, 6) is 0. The fourth-order valence-electron chi connectivity index (χ4n) is 2.63. The maximum Gasteiger partial charge on any atom is 0.157 e. The zero-order chi connectivity index (χ0) is 15.2. The summed E-state index contributed by atoms with van der Waals surface area (Å²) in [6.45, 7) is 3.85. The van der Waals surface area contributed by atoms with Crippen molar-refractivity contribution in [2.24, 2.45) is 0 Å². The van der Waals surface area contributed by atoms with Crippen LogP contribution in [-0.4, -0.2) is 43.9 Å².